The lowest BCUT2D eigenvalue weighted by atomic mass is 9.89. The Labute approximate surface area is 74.6 Å². The van der Waals surface area contributed by atoms with Gasteiger partial charge in [0.15, 0.2) is 0 Å². The second kappa shape index (κ2) is 3.75. The second-order valence-corrected chi connectivity index (χ2v) is 4.29. The van der Waals surface area contributed by atoms with E-state index in [4.69, 9.17) is 5.11 Å². The molecule has 0 amide bonds. The average molecular weight is 169 g/mol. The predicted octanol–water partition coefficient (Wildman–Crippen LogP) is 1.24. The summed E-state index contributed by atoms with van der Waals surface area (Å²) in [6.07, 6.45) is 7.16. The van der Waals surface area contributed by atoms with Crippen LogP contribution in [0.15, 0.2) is 0 Å². The van der Waals surface area contributed by atoms with Crippen LogP contribution in [0.25, 0.3) is 0 Å². The maximum absolute atomic E-state index is 8.86. The summed E-state index contributed by atoms with van der Waals surface area (Å²) in [7, 11) is 0. The van der Waals surface area contributed by atoms with Crippen molar-refractivity contribution in [3.63, 3.8) is 0 Å². The lowest BCUT2D eigenvalue weighted by Gasteiger charge is -2.21. The lowest BCUT2D eigenvalue weighted by Crippen LogP contribution is -2.18. The fourth-order valence-corrected chi connectivity index (χ4v) is 2.32. The van der Waals surface area contributed by atoms with E-state index in [2.05, 4.69) is 4.90 Å². The molecule has 1 heterocycles. The number of hydrogen-bond donors (Lipinski definition) is 1. The molecule has 2 nitrogen and oxygen atoms in total. The fourth-order valence-electron chi connectivity index (χ4n) is 2.32. The van der Waals surface area contributed by atoms with Gasteiger partial charge in [0.05, 0.1) is 6.61 Å². The zero-order valence-corrected chi connectivity index (χ0v) is 7.71. The van der Waals surface area contributed by atoms with Crippen LogP contribution in [0.2, 0.25) is 0 Å². The topological polar surface area (TPSA) is 23.2 Å². The molecule has 0 aromatic heterocycles. The van der Waals surface area contributed by atoms with E-state index in [1.807, 2.05) is 0 Å². The van der Waals surface area contributed by atoms with Crippen molar-refractivity contribution in [3.8, 4) is 0 Å². The summed E-state index contributed by atoms with van der Waals surface area (Å²) in [6.45, 7) is 2.77. The molecule has 1 aliphatic carbocycles. The van der Waals surface area contributed by atoms with Crippen molar-refractivity contribution in [1.82, 2.24) is 4.90 Å². The molecule has 0 radical (unpaired) electrons. The van der Waals surface area contributed by atoms with E-state index in [-0.39, 0.29) is 0 Å². The number of rotatable bonds is 3. The Morgan fingerprint density at radius 1 is 1.17 bits per heavy atom. The molecule has 0 aromatic rings. The molecule has 1 saturated carbocycles. The van der Waals surface area contributed by atoms with E-state index in [0.717, 1.165) is 12.5 Å². The molecule has 2 unspecified atom stereocenters. The highest BCUT2D eigenvalue weighted by Gasteiger charge is 2.34. The van der Waals surface area contributed by atoms with Crippen LogP contribution in [0.3, 0.4) is 0 Å². The molecule has 2 atom stereocenters. The third-order valence-electron chi connectivity index (χ3n) is 3.26. The largest absolute Gasteiger partial charge is 0.395 e. The van der Waals surface area contributed by atoms with Gasteiger partial charge < -0.3 is 5.11 Å². The first-order valence-corrected chi connectivity index (χ1v) is 5.25. The summed E-state index contributed by atoms with van der Waals surface area (Å²) >= 11 is 0. The maximum Gasteiger partial charge on any atom is 0.0599 e. The molecule has 2 rings (SSSR count). The number of aliphatic hydroxyl groups is 1. The van der Waals surface area contributed by atoms with Gasteiger partial charge in [-0.2, -0.15) is 0 Å². The smallest absolute Gasteiger partial charge is 0.0599 e. The summed E-state index contributed by atoms with van der Waals surface area (Å²) in [5.41, 5.74) is 0. The molecule has 2 fully saturated rings. The van der Waals surface area contributed by atoms with Gasteiger partial charge in [-0.1, -0.05) is 19.3 Å². The maximum atomic E-state index is 8.86. The zero-order chi connectivity index (χ0) is 8.39. The van der Waals surface area contributed by atoms with Crippen molar-refractivity contribution in [3.05, 3.63) is 0 Å². The Morgan fingerprint density at radius 2 is 1.92 bits per heavy atom. The fraction of sp³-hybridized carbons (Fsp3) is 1.00. The third-order valence-corrected chi connectivity index (χ3v) is 3.26. The van der Waals surface area contributed by atoms with Crippen LogP contribution < -0.4 is 0 Å². The second-order valence-electron chi connectivity index (χ2n) is 4.29. The van der Waals surface area contributed by atoms with Gasteiger partial charge in [-0.3, -0.25) is 4.90 Å². The Bertz CT molecular complexity index is 143. The Morgan fingerprint density at radius 3 is 2.50 bits per heavy atom. The highest BCUT2D eigenvalue weighted by molar-refractivity contribution is 4.89. The van der Waals surface area contributed by atoms with Gasteiger partial charge in [-0.25, -0.2) is 0 Å². The van der Waals surface area contributed by atoms with Crippen LogP contribution >= 0.6 is 0 Å². The van der Waals surface area contributed by atoms with Crippen LogP contribution in [0, 0.1) is 5.92 Å². The van der Waals surface area contributed by atoms with Gasteiger partial charge in [0, 0.05) is 19.1 Å². The number of aliphatic hydroxyl groups excluding tert-OH is 1. The Hall–Kier alpha value is -0.0800. The summed E-state index contributed by atoms with van der Waals surface area (Å²) in [4.78, 5) is 2.41. The van der Waals surface area contributed by atoms with Crippen molar-refractivity contribution >= 4 is 0 Å². The molecule has 0 bridgehead atoms. The zero-order valence-electron chi connectivity index (χ0n) is 7.71. The molecule has 2 heteroatoms. The summed E-state index contributed by atoms with van der Waals surface area (Å²) < 4.78 is 0. The lowest BCUT2D eigenvalue weighted by molar-refractivity contribution is 0.248. The molecule has 70 valence electrons. The highest BCUT2D eigenvalue weighted by atomic mass is 16.3. The van der Waals surface area contributed by atoms with E-state index in [1.54, 1.807) is 0 Å². The first-order valence-electron chi connectivity index (χ1n) is 5.25. The van der Waals surface area contributed by atoms with Crippen LogP contribution in [-0.4, -0.2) is 35.7 Å². The Balaban J connectivity index is 1.66. The summed E-state index contributed by atoms with van der Waals surface area (Å²) in [6, 6.07) is 0.520. The third kappa shape index (κ3) is 1.99. The van der Waals surface area contributed by atoms with E-state index in [0.29, 0.717) is 12.6 Å². The molecule has 0 spiro atoms. The summed E-state index contributed by atoms with van der Waals surface area (Å²) in [5.74, 6) is 0.940. The molecule has 1 N–H and O–H groups in total. The minimum atomic E-state index is 0.368. The van der Waals surface area contributed by atoms with Gasteiger partial charge >= 0.3 is 0 Å². The summed E-state index contributed by atoms with van der Waals surface area (Å²) in [5, 5.41) is 8.86. The minimum absolute atomic E-state index is 0.368. The predicted molar refractivity (Wildman–Crippen MR) is 49.0 cm³/mol. The standard InChI is InChI=1S/C10H19NO/c12-8-10-7-11(10)6-9-4-2-1-3-5-9/h9-10,12H,1-8H2. The first kappa shape index (κ1) is 8.52. The van der Waals surface area contributed by atoms with Gasteiger partial charge in [0.2, 0.25) is 0 Å². The monoisotopic (exact) mass is 169 g/mol. The number of nitrogens with zero attached hydrogens (tertiary/aromatic N) is 1. The molecular formula is C10H19NO. The van der Waals surface area contributed by atoms with Crippen LogP contribution in [-0.2, 0) is 0 Å². The van der Waals surface area contributed by atoms with Gasteiger partial charge in [-0.15, -0.1) is 0 Å². The quantitative estimate of drug-likeness (QED) is 0.642. The van der Waals surface area contributed by atoms with E-state index in [1.165, 1.54) is 38.6 Å². The highest BCUT2D eigenvalue weighted by Crippen LogP contribution is 2.28. The van der Waals surface area contributed by atoms with Gasteiger partial charge in [-0.05, 0) is 18.8 Å². The van der Waals surface area contributed by atoms with Gasteiger partial charge in [0.25, 0.3) is 0 Å². The Kier molecular flexibility index (Phi) is 2.66. The van der Waals surface area contributed by atoms with Crippen LogP contribution in [0.4, 0.5) is 0 Å². The molecule has 12 heavy (non-hydrogen) atoms. The number of hydrogen-bond acceptors (Lipinski definition) is 2. The van der Waals surface area contributed by atoms with E-state index >= 15 is 0 Å². The van der Waals surface area contributed by atoms with E-state index < -0.39 is 0 Å². The first-order chi connectivity index (χ1) is 5.90. The minimum Gasteiger partial charge on any atom is -0.395 e. The molecule has 1 aliphatic heterocycles. The van der Waals surface area contributed by atoms with Crippen LogP contribution in [0.1, 0.15) is 32.1 Å². The van der Waals surface area contributed by atoms with Crippen molar-refractivity contribution in [2.75, 3.05) is 19.7 Å². The van der Waals surface area contributed by atoms with Crippen molar-refractivity contribution in [2.24, 2.45) is 5.92 Å². The van der Waals surface area contributed by atoms with Crippen molar-refractivity contribution < 1.29 is 5.11 Å². The molecule has 0 aromatic carbocycles. The normalized spacial score (nSPS) is 36.8. The molecule has 2 aliphatic rings. The van der Waals surface area contributed by atoms with E-state index in [9.17, 15) is 0 Å². The van der Waals surface area contributed by atoms with Gasteiger partial charge in [0.1, 0.15) is 0 Å². The molecular weight excluding hydrogens is 150 g/mol. The van der Waals surface area contributed by atoms with Crippen LogP contribution in [0.5, 0.6) is 0 Å². The SMILES string of the molecule is OCC1CN1CC1CCCCC1. The molecule has 1 saturated heterocycles. The van der Waals surface area contributed by atoms with Crippen molar-refractivity contribution in [2.45, 2.75) is 38.1 Å². The van der Waals surface area contributed by atoms with Crippen molar-refractivity contribution in [1.29, 1.82) is 0 Å². The average Bonchev–Trinajstić information content (AvgIpc) is 2.85.